The van der Waals surface area contributed by atoms with Gasteiger partial charge in [0, 0.05) is 25.6 Å². The zero-order valence-corrected chi connectivity index (χ0v) is 14.9. The standard InChI is InChI=1S/C21H24FNO3/c1-26-20-7-2-14(10-19(20)24)11-23-12-15-8-9-21(25,18(15)13-23)16-3-5-17(22)6-4-16/h2-7,10,15,18,24-25H,8-9,11-13H2,1H3/t15-,18+,21+/m0/s1. The average Bonchev–Trinajstić information content (AvgIpc) is 3.16. The summed E-state index contributed by atoms with van der Waals surface area (Å²) < 4.78 is 18.3. The molecular weight excluding hydrogens is 333 g/mol. The lowest BCUT2D eigenvalue weighted by Crippen LogP contribution is -2.34. The Morgan fingerprint density at radius 2 is 1.96 bits per heavy atom. The molecule has 26 heavy (non-hydrogen) atoms. The van der Waals surface area contributed by atoms with Gasteiger partial charge < -0.3 is 14.9 Å². The lowest BCUT2D eigenvalue weighted by molar-refractivity contribution is -0.00688. The fourth-order valence-corrected chi connectivity index (χ4v) is 4.70. The Morgan fingerprint density at radius 1 is 1.19 bits per heavy atom. The summed E-state index contributed by atoms with van der Waals surface area (Å²) in [6.07, 6.45) is 1.70. The summed E-state index contributed by atoms with van der Waals surface area (Å²) in [4.78, 5) is 2.32. The molecule has 0 unspecified atom stereocenters. The van der Waals surface area contributed by atoms with Crippen LogP contribution in [0.3, 0.4) is 0 Å². The number of hydrogen-bond donors (Lipinski definition) is 2. The van der Waals surface area contributed by atoms with Crippen molar-refractivity contribution < 1.29 is 19.3 Å². The van der Waals surface area contributed by atoms with Gasteiger partial charge in [0.05, 0.1) is 12.7 Å². The van der Waals surface area contributed by atoms with E-state index in [-0.39, 0.29) is 17.5 Å². The van der Waals surface area contributed by atoms with Crippen LogP contribution in [0.2, 0.25) is 0 Å². The van der Waals surface area contributed by atoms with Gasteiger partial charge in [-0.1, -0.05) is 18.2 Å². The van der Waals surface area contributed by atoms with E-state index < -0.39 is 5.60 Å². The van der Waals surface area contributed by atoms with Gasteiger partial charge in [0.15, 0.2) is 11.5 Å². The minimum atomic E-state index is -0.880. The molecule has 0 bridgehead atoms. The van der Waals surface area contributed by atoms with E-state index in [2.05, 4.69) is 4.90 Å². The predicted molar refractivity (Wildman–Crippen MR) is 96.4 cm³/mol. The van der Waals surface area contributed by atoms with Crippen LogP contribution in [0.4, 0.5) is 4.39 Å². The molecule has 0 amide bonds. The Hall–Kier alpha value is -2.11. The lowest BCUT2D eigenvalue weighted by atomic mass is 9.82. The van der Waals surface area contributed by atoms with E-state index in [1.54, 1.807) is 24.3 Å². The number of likely N-dealkylation sites (tertiary alicyclic amines) is 1. The Labute approximate surface area is 152 Å². The number of ether oxygens (including phenoxy) is 1. The van der Waals surface area contributed by atoms with Gasteiger partial charge in [0.2, 0.25) is 0 Å². The van der Waals surface area contributed by atoms with Gasteiger partial charge in [-0.3, -0.25) is 4.90 Å². The number of halogens is 1. The topological polar surface area (TPSA) is 52.9 Å². The minimum Gasteiger partial charge on any atom is -0.504 e. The van der Waals surface area contributed by atoms with Crippen LogP contribution in [0, 0.1) is 17.7 Å². The van der Waals surface area contributed by atoms with E-state index in [1.165, 1.54) is 19.2 Å². The number of methoxy groups -OCH3 is 1. The van der Waals surface area contributed by atoms with Crippen LogP contribution in [0.15, 0.2) is 42.5 Å². The van der Waals surface area contributed by atoms with Crippen molar-refractivity contribution in [2.24, 2.45) is 11.8 Å². The molecule has 138 valence electrons. The number of hydrogen-bond acceptors (Lipinski definition) is 4. The van der Waals surface area contributed by atoms with Crippen molar-refractivity contribution in [2.45, 2.75) is 25.0 Å². The zero-order valence-electron chi connectivity index (χ0n) is 14.9. The number of fused-ring (bicyclic) bond motifs is 1. The Morgan fingerprint density at radius 3 is 2.65 bits per heavy atom. The van der Waals surface area contributed by atoms with E-state index >= 15 is 0 Å². The maximum absolute atomic E-state index is 13.2. The molecule has 4 rings (SSSR count). The summed E-state index contributed by atoms with van der Waals surface area (Å²) in [6, 6.07) is 11.7. The molecule has 0 radical (unpaired) electrons. The fraction of sp³-hybridized carbons (Fsp3) is 0.429. The number of rotatable bonds is 4. The summed E-state index contributed by atoms with van der Waals surface area (Å²) in [5.74, 6) is 0.931. The monoisotopic (exact) mass is 357 g/mol. The predicted octanol–water partition coefficient (Wildman–Crippen LogP) is 3.27. The molecule has 2 aliphatic rings. The van der Waals surface area contributed by atoms with Crippen LogP contribution in [0.1, 0.15) is 24.0 Å². The third kappa shape index (κ3) is 2.95. The molecule has 2 aromatic rings. The smallest absolute Gasteiger partial charge is 0.160 e. The van der Waals surface area contributed by atoms with Crippen molar-refractivity contribution in [3.8, 4) is 11.5 Å². The summed E-state index contributed by atoms with van der Waals surface area (Å²) in [7, 11) is 1.53. The summed E-state index contributed by atoms with van der Waals surface area (Å²) in [5.41, 5.74) is 0.957. The molecule has 2 N–H and O–H groups in total. The normalized spacial score (nSPS) is 28.3. The third-order valence-corrected chi connectivity index (χ3v) is 6.02. The SMILES string of the molecule is COc1ccc(CN2C[C@@H]3CC[C@@](O)(c4ccc(F)cc4)[C@@H]3C2)cc1O. The summed E-state index contributed by atoms with van der Waals surface area (Å²) in [6.45, 7) is 2.45. The first-order valence-corrected chi connectivity index (χ1v) is 9.06. The van der Waals surface area contributed by atoms with E-state index in [1.807, 2.05) is 6.07 Å². The van der Waals surface area contributed by atoms with Gasteiger partial charge in [-0.15, -0.1) is 0 Å². The first-order valence-electron chi connectivity index (χ1n) is 9.06. The van der Waals surface area contributed by atoms with Gasteiger partial charge in [0.25, 0.3) is 0 Å². The second-order valence-electron chi connectivity index (χ2n) is 7.54. The highest BCUT2D eigenvalue weighted by Gasteiger charge is 2.52. The molecule has 2 aromatic carbocycles. The third-order valence-electron chi connectivity index (χ3n) is 6.02. The zero-order chi connectivity index (χ0) is 18.3. The fourth-order valence-electron chi connectivity index (χ4n) is 4.70. The molecule has 1 aliphatic heterocycles. The molecule has 1 saturated carbocycles. The van der Waals surface area contributed by atoms with E-state index in [0.717, 1.165) is 43.6 Å². The molecule has 2 fully saturated rings. The van der Waals surface area contributed by atoms with Crippen LogP contribution in [0.25, 0.3) is 0 Å². The average molecular weight is 357 g/mol. The second-order valence-corrected chi connectivity index (χ2v) is 7.54. The van der Waals surface area contributed by atoms with Crippen molar-refractivity contribution in [1.29, 1.82) is 0 Å². The maximum atomic E-state index is 13.2. The van der Waals surface area contributed by atoms with Crippen LogP contribution in [0.5, 0.6) is 11.5 Å². The summed E-state index contributed by atoms with van der Waals surface area (Å²) >= 11 is 0. The van der Waals surface area contributed by atoms with Crippen LogP contribution in [-0.2, 0) is 12.1 Å². The first kappa shape index (κ1) is 17.3. The number of nitrogens with zero attached hydrogens (tertiary/aromatic N) is 1. The first-order chi connectivity index (χ1) is 12.5. The van der Waals surface area contributed by atoms with Gasteiger partial charge >= 0.3 is 0 Å². The van der Waals surface area contributed by atoms with E-state index in [4.69, 9.17) is 4.74 Å². The van der Waals surface area contributed by atoms with Gasteiger partial charge in [0.1, 0.15) is 5.82 Å². The van der Waals surface area contributed by atoms with Gasteiger partial charge in [-0.2, -0.15) is 0 Å². The van der Waals surface area contributed by atoms with E-state index in [9.17, 15) is 14.6 Å². The van der Waals surface area contributed by atoms with Crippen molar-refractivity contribution in [1.82, 2.24) is 4.90 Å². The Kier molecular flexibility index (Phi) is 4.37. The molecule has 0 aromatic heterocycles. The molecule has 1 aliphatic carbocycles. The molecule has 1 heterocycles. The Bertz CT molecular complexity index is 794. The van der Waals surface area contributed by atoms with Crippen molar-refractivity contribution >= 4 is 0 Å². The van der Waals surface area contributed by atoms with Gasteiger partial charge in [-0.25, -0.2) is 4.39 Å². The number of phenolic OH excluding ortho intramolecular Hbond substituents is 1. The highest BCUT2D eigenvalue weighted by atomic mass is 19.1. The van der Waals surface area contributed by atoms with Crippen molar-refractivity contribution in [3.05, 3.63) is 59.4 Å². The number of aliphatic hydroxyl groups is 1. The van der Waals surface area contributed by atoms with Crippen LogP contribution in [-0.4, -0.2) is 35.3 Å². The maximum Gasteiger partial charge on any atom is 0.160 e. The molecule has 4 nitrogen and oxygen atoms in total. The highest BCUT2D eigenvalue weighted by Crippen LogP contribution is 2.50. The molecule has 3 atom stereocenters. The van der Waals surface area contributed by atoms with Crippen LogP contribution >= 0.6 is 0 Å². The largest absolute Gasteiger partial charge is 0.504 e. The number of phenols is 1. The molecule has 1 saturated heterocycles. The number of aromatic hydroxyl groups is 1. The number of benzene rings is 2. The molecular formula is C21H24FNO3. The quantitative estimate of drug-likeness (QED) is 0.882. The summed E-state index contributed by atoms with van der Waals surface area (Å²) in [5, 5.41) is 21.3. The van der Waals surface area contributed by atoms with Crippen molar-refractivity contribution in [2.75, 3.05) is 20.2 Å². The van der Waals surface area contributed by atoms with Crippen LogP contribution < -0.4 is 4.74 Å². The lowest BCUT2D eigenvalue weighted by Gasteiger charge is -2.31. The highest BCUT2D eigenvalue weighted by molar-refractivity contribution is 5.41. The molecule has 0 spiro atoms. The van der Waals surface area contributed by atoms with E-state index in [0.29, 0.717) is 11.7 Å². The van der Waals surface area contributed by atoms with Gasteiger partial charge in [-0.05, 0) is 54.2 Å². The van der Waals surface area contributed by atoms with Crippen molar-refractivity contribution in [3.63, 3.8) is 0 Å². The molecule has 5 heteroatoms. The Balaban J connectivity index is 1.49. The minimum absolute atomic E-state index is 0.146. The second kappa shape index (κ2) is 6.56.